The summed E-state index contributed by atoms with van der Waals surface area (Å²) in [5.74, 6) is 0. The largest absolute Gasteiger partial charge is 0.394 e. The highest BCUT2D eigenvalue weighted by atomic mass is 16.4. The van der Waals surface area contributed by atoms with Gasteiger partial charge in [0.1, 0.15) is 24.4 Å². The number of rotatable bonds is 5. The lowest BCUT2D eigenvalue weighted by atomic mass is 10.1. The molecule has 72 valence electrons. The first-order valence-corrected chi connectivity index (χ1v) is 3.33. The SMILES string of the molecule is O=[13CH][C@@H](O)[C@H](O)[C@@H](O)[C@@H](O)CO. The topological polar surface area (TPSA) is 118 Å². The predicted octanol–water partition coefficient (Wildman–Crippen LogP) is -3.38. The van der Waals surface area contributed by atoms with Gasteiger partial charge in [-0.1, -0.05) is 0 Å². The molecule has 0 amide bonds. The number of carbonyl (C=O) groups excluding carboxylic acids is 1. The van der Waals surface area contributed by atoms with Crippen molar-refractivity contribution in [3.63, 3.8) is 0 Å². The van der Waals surface area contributed by atoms with Crippen molar-refractivity contribution in [1.82, 2.24) is 0 Å². The highest BCUT2D eigenvalue weighted by molar-refractivity contribution is 5.56. The van der Waals surface area contributed by atoms with Crippen LogP contribution in [0.25, 0.3) is 0 Å². The van der Waals surface area contributed by atoms with Gasteiger partial charge in [0.2, 0.25) is 0 Å². The van der Waals surface area contributed by atoms with Crippen molar-refractivity contribution in [2.75, 3.05) is 6.61 Å². The maximum Gasteiger partial charge on any atom is 0.151 e. The molecule has 0 saturated carbocycles. The first-order chi connectivity index (χ1) is 5.54. The van der Waals surface area contributed by atoms with E-state index in [9.17, 15) is 4.79 Å². The van der Waals surface area contributed by atoms with Crippen LogP contribution in [-0.4, -0.2) is 62.8 Å². The van der Waals surface area contributed by atoms with E-state index in [0.717, 1.165) is 0 Å². The fourth-order valence-electron chi connectivity index (χ4n) is 0.618. The summed E-state index contributed by atoms with van der Waals surface area (Å²) in [6, 6.07) is 0. The van der Waals surface area contributed by atoms with Gasteiger partial charge < -0.3 is 30.3 Å². The van der Waals surface area contributed by atoms with Gasteiger partial charge in [-0.15, -0.1) is 0 Å². The summed E-state index contributed by atoms with van der Waals surface area (Å²) >= 11 is 0. The molecule has 0 aromatic carbocycles. The van der Waals surface area contributed by atoms with Gasteiger partial charge >= 0.3 is 0 Å². The fraction of sp³-hybridized carbons (Fsp3) is 0.833. The van der Waals surface area contributed by atoms with Crippen LogP contribution in [0.4, 0.5) is 0 Å². The van der Waals surface area contributed by atoms with Crippen LogP contribution in [0.15, 0.2) is 0 Å². The number of hydrogen-bond acceptors (Lipinski definition) is 6. The standard InChI is InChI=1S/C6H12O6/c7-1-3(9)5(11)6(12)4(10)2-8/h1,3-6,8-12H,2H2/t3-,4+,5+,6+/m1/s1/i1+1. The minimum Gasteiger partial charge on any atom is -0.394 e. The minimum absolute atomic E-state index is 0.0258. The van der Waals surface area contributed by atoms with E-state index in [-0.39, 0.29) is 6.29 Å². The quantitative estimate of drug-likeness (QED) is 0.223. The van der Waals surface area contributed by atoms with E-state index in [2.05, 4.69) is 0 Å². The van der Waals surface area contributed by atoms with Gasteiger partial charge in [0.05, 0.1) is 6.61 Å². The van der Waals surface area contributed by atoms with Gasteiger partial charge in [0.15, 0.2) is 6.29 Å². The van der Waals surface area contributed by atoms with E-state index in [1.54, 1.807) is 0 Å². The Morgan fingerprint density at radius 3 is 1.92 bits per heavy atom. The zero-order chi connectivity index (χ0) is 9.72. The second-order valence-electron chi connectivity index (χ2n) is 2.36. The Bertz CT molecular complexity index is 138. The minimum atomic E-state index is -1.79. The van der Waals surface area contributed by atoms with Gasteiger partial charge in [-0.3, -0.25) is 0 Å². The van der Waals surface area contributed by atoms with Crippen LogP contribution in [0.3, 0.4) is 0 Å². The average Bonchev–Trinajstić information content (AvgIpc) is 2.12. The van der Waals surface area contributed by atoms with Crippen molar-refractivity contribution in [1.29, 1.82) is 0 Å². The monoisotopic (exact) mass is 181 g/mol. The van der Waals surface area contributed by atoms with E-state index >= 15 is 0 Å². The molecule has 12 heavy (non-hydrogen) atoms. The van der Waals surface area contributed by atoms with E-state index < -0.39 is 31.0 Å². The Kier molecular flexibility index (Phi) is 4.95. The molecule has 0 spiro atoms. The smallest absolute Gasteiger partial charge is 0.151 e. The van der Waals surface area contributed by atoms with Gasteiger partial charge in [-0.2, -0.15) is 0 Å². The predicted molar refractivity (Wildman–Crippen MR) is 37.2 cm³/mol. The van der Waals surface area contributed by atoms with Crippen molar-refractivity contribution in [2.24, 2.45) is 0 Å². The van der Waals surface area contributed by atoms with Crippen molar-refractivity contribution in [3.8, 4) is 0 Å². The first-order valence-electron chi connectivity index (χ1n) is 3.33. The van der Waals surface area contributed by atoms with Crippen LogP contribution in [0.1, 0.15) is 0 Å². The van der Waals surface area contributed by atoms with Crippen LogP contribution in [0.2, 0.25) is 0 Å². The van der Waals surface area contributed by atoms with E-state index in [0.29, 0.717) is 0 Å². The van der Waals surface area contributed by atoms with Crippen LogP contribution >= 0.6 is 0 Å². The Balaban J connectivity index is 4.07. The summed E-state index contributed by atoms with van der Waals surface area (Å²) < 4.78 is 0. The lowest BCUT2D eigenvalue weighted by molar-refractivity contribution is -0.136. The molecule has 0 saturated heterocycles. The van der Waals surface area contributed by atoms with Crippen LogP contribution in [0, 0.1) is 0 Å². The molecule has 0 rings (SSSR count). The summed E-state index contributed by atoms with van der Waals surface area (Å²) in [5, 5.41) is 43.5. The average molecular weight is 181 g/mol. The molecule has 0 aliphatic rings. The van der Waals surface area contributed by atoms with Crippen LogP contribution in [-0.2, 0) is 4.79 Å². The van der Waals surface area contributed by atoms with Gasteiger partial charge in [0.25, 0.3) is 0 Å². The number of aliphatic hydroxyl groups is 5. The number of aldehydes is 1. The number of hydrogen-bond donors (Lipinski definition) is 5. The first kappa shape index (κ1) is 11.5. The summed E-state index contributed by atoms with van der Waals surface area (Å²) in [6.45, 7) is -0.760. The summed E-state index contributed by atoms with van der Waals surface area (Å²) in [6.07, 6.45) is -6.84. The molecule has 4 atom stereocenters. The van der Waals surface area contributed by atoms with Gasteiger partial charge in [-0.25, -0.2) is 0 Å². The lowest BCUT2D eigenvalue weighted by Gasteiger charge is -2.22. The molecule has 0 aromatic rings. The molecule has 0 aliphatic carbocycles. The highest BCUT2D eigenvalue weighted by Crippen LogP contribution is 2.02. The third-order valence-electron chi connectivity index (χ3n) is 1.42. The van der Waals surface area contributed by atoms with E-state index in [4.69, 9.17) is 25.5 Å². The second kappa shape index (κ2) is 5.18. The lowest BCUT2D eigenvalue weighted by Crippen LogP contribution is -2.46. The molecule has 6 heteroatoms. The molecular formula is C6H12O6. The van der Waals surface area contributed by atoms with Crippen molar-refractivity contribution < 1.29 is 30.3 Å². The van der Waals surface area contributed by atoms with Crippen molar-refractivity contribution in [3.05, 3.63) is 0 Å². The van der Waals surface area contributed by atoms with E-state index in [1.165, 1.54) is 0 Å². The van der Waals surface area contributed by atoms with Crippen molar-refractivity contribution >= 4 is 6.29 Å². The molecule has 0 aromatic heterocycles. The third-order valence-corrected chi connectivity index (χ3v) is 1.42. The van der Waals surface area contributed by atoms with Crippen molar-refractivity contribution in [2.45, 2.75) is 24.4 Å². The molecule has 0 radical (unpaired) electrons. The molecule has 6 nitrogen and oxygen atoms in total. The summed E-state index contributed by atoms with van der Waals surface area (Å²) in [5.41, 5.74) is 0. The zero-order valence-electron chi connectivity index (χ0n) is 6.24. The Morgan fingerprint density at radius 1 is 1.08 bits per heavy atom. The third kappa shape index (κ3) is 2.84. The van der Waals surface area contributed by atoms with E-state index in [1.807, 2.05) is 0 Å². The Morgan fingerprint density at radius 2 is 1.58 bits per heavy atom. The molecule has 0 fully saturated rings. The molecule has 0 aliphatic heterocycles. The molecule has 5 N–H and O–H groups in total. The Hall–Kier alpha value is -0.530. The molecule has 0 unspecified atom stereocenters. The normalized spacial score (nSPS) is 21.1. The van der Waals surface area contributed by atoms with Crippen LogP contribution < -0.4 is 0 Å². The molecule has 0 heterocycles. The molecule has 0 bridgehead atoms. The van der Waals surface area contributed by atoms with Gasteiger partial charge in [-0.05, 0) is 0 Å². The molecular weight excluding hydrogens is 169 g/mol. The van der Waals surface area contributed by atoms with Crippen LogP contribution in [0.5, 0.6) is 0 Å². The maximum atomic E-state index is 9.90. The highest BCUT2D eigenvalue weighted by Gasteiger charge is 2.29. The summed E-state index contributed by atoms with van der Waals surface area (Å²) in [7, 11) is 0. The maximum absolute atomic E-state index is 9.90. The fourth-order valence-corrected chi connectivity index (χ4v) is 0.618. The number of carbonyl (C=O) groups is 1. The second-order valence-corrected chi connectivity index (χ2v) is 2.36. The summed E-state index contributed by atoms with van der Waals surface area (Å²) in [4.78, 5) is 9.90. The Labute approximate surface area is 68.7 Å². The van der Waals surface area contributed by atoms with Gasteiger partial charge in [0, 0.05) is 0 Å². The zero-order valence-corrected chi connectivity index (χ0v) is 6.24. The number of aliphatic hydroxyl groups excluding tert-OH is 5.